The molecule has 0 unspecified atom stereocenters. The molecule has 0 aromatic heterocycles. The van der Waals surface area contributed by atoms with Gasteiger partial charge >= 0.3 is 0 Å². The van der Waals surface area contributed by atoms with E-state index in [1.54, 1.807) is 44.6 Å². The highest BCUT2D eigenvalue weighted by molar-refractivity contribution is 6.08. The summed E-state index contributed by atoms with van der Waals surface area (Å²) in [6.45, 7) is 4.83. The minimum Gasteiger partial charge on any atom is -0.497 e. The number of ether oxygens (including phenoxy) is 4. The van der Waals surface area contributed by atoms with Crippen LogP contribution in [0.4, 0.5) is 0 Å². The number of allylic oxidation sites excluding steroid dienone is 1. The van der Waals surface area contributed by atoms with Crippen LogP contribution in [-0.2, 0) is 0 Å². The summed E-state index contributed by atoms with van der Waals surface area (Å²) in [5, 5.41) is 0. The SMILES string of the molecule is CCOc1ccc(C=CC(=O)c2ccc(OC)cc2OCC)c(OC)c1. The first-order chi connectivity index (χ1) is 12.6. The molecule has 0 fully saturated rings. The lowest BCUT2D eigenvalue weighted by Crippen LogP contribution is -2.02. The highest BCUT2D eigenvalue weighted by Gasteiger charge is 2.12. The second-order valence-electron chi connectivity index (χ2n) is 5.33. The van der Waals surface area contributed by atoms with Gasteiger partial charge in [-0.15, -0.1) is 0 Å². The Labute approximate surface area is 154 Å². The van der Waals surface area contributed by atoms with E-state index in [2.05, 4.69) is 0 Å². The molecule has 5 nitrogen and oxygen atoms in total. The average Bonchev–Trinajstić information content (AvgIpc) is 2.67. The van der Waals surface area contributed by atoms with Crippen molar-refractivity contribution in [3.05, 3.63) is 53.6 Å². The summed E-state index contributed by atoms with van der Waals surface area (Å²) in [5.74, 6) is 2.34. The van der Waals surface area contributed by atoms with E-state index in [1.165, 1.54) is 6.08 Å². The Kier molecular flexibility index (Phi) is 7.09. The molecule has 138 valence electrons. The van der Waals surface area contributed by atoms with Crippen LogP contribution < -0.4 is 18.9 Å². The van der Waals surface area contributed by atoms with Gasteiger partial charge in [0, 0.05) is 17.7 Å². The molecular formula is C21H24O5. The zero-order valence-corrected chi connectivity index (χ0v) is 15.6. The topological polar surface area (TPSA) is 54.0 Å². The van der Waals surface area contributed by atoms with E-state index in [-0.39, 0.29) is 5.78 Å². The molecule has 2 aromatic rings. The zero-order valence-electron chi connectivity index (χ0n) is 15.6. The van der Waals surface area contributed by atoms with Gasteiger partial charge in [-0.25, -0.2) is 0 Å². The molecule has 2 aromatic carbocycles. The third-order valence-electron chi connectivity index (χ3n) is 3.68. The molecular weight excluding hydrogens is 332 g/mol. The van der Waals surface area contributed by atoms with E-state index in [1.807, 2.05) is 26.0 Å². The van der Waals surface area contributed by atoms with Crippen LogP contribution in [0.5, 0.6) is 23.0 Å². The Morgan fingerprint density at radius 1 is 0.885 bits per heavy atom. The molecule has 0 spiro atoms. The summed E-state index contributed by atoms with van der Waals surface area (Å²) in [7, 11) is 3.16. The smallest absolute Gasteiger partial charge is 0.189 e. The molecule has 0 aliphatic rings. The number of rotatable bonds is 9. The maximum absolute atomic E-state index is 12.6. The Hall–Kier alpha value is -2.95. The van der Waals surface area contributed by atoms with E-state index in [0.717, 1.165) is 11.3 Å². The van der Waals surface area contributed by atoms with Crippen LogP contribution in [-0.4, -0.2) is 33.2 Å². The van der Waals surface area contributed by atoms with Crippen molar-refractivity contribution in [2.45, 2.75) is 13.8 Å². The minimum atomic E-state index is -0.160. The van der Waals surface area contributed by atoms with Crippen LogP contribution in [0.1, 0.15) is 29.8 Å². The molecule has 0 radical (unpaired) electrons. The molecule has 2 rings (SSSR count). The van der Waals surface area contributed by atoms with Crippen molar-refractivity contribution in [2.75, 3.05) is 27.4 Å². The maximum Gasteiger partial charge on any atom is 0.189 e. The second kappa shape index (κ2) is 9.51. The predicted molar refractivity (Wildman–Crippen MR) is 102 cm³/mol. The van der Waals surface area contributed by atoms with Crippen LogP contribution >= 0.6 is 0 Å². The zero-order chi connectivity index (χ0) is 18.9. The molecule has 0 aliphatic heterocycles. The van der Waals surface area contributed by atoms with Gasteiger partial charge in [0.05, 0.1) is 33.0 Å². The monoisotopic (exact) mass is 356 g/mol. The largest absolute Gasteiger partial charge is 0.497 e. The molecule has 26 heavy (non-hydrogen) atoms. The van der Waals surface area contributed by atoms with Crippen LogP contribution in [0, 0.1) is 0 Å². The number of methoxy groups -OCH3 is 2. The number of hydrogen-bond acceptors (Lipinski definition) is 5. The van der Waals surface area contributed by atoms with E-state index >= 15 is 0 Å². The number of ketones is 1. The molecule has 0 N–H and O–H groups in total. The van der Waals surface area contributed by atoms with Crippen LogP contribution in [0.15, 0.2) is 42.5 Å². The van der Waals surface area contributed by atoms with Crippen molar-refractivity contribution in [3.8, 4) is 23.0 Å². The summed E-state index contributed by atoms with van der Waals surface area (Å²) in [6, 6.07) is 10.6. The fourth-order valence-corrected chi connectivity index (χ4v) is 2.45. The lowest BCUT2D eigenvalue weighted by atomic mass is 10.1. The van der Waals surface area contributed by atoms with Crippen molar-refractivity contribution >= 4 is 11.9 Å². The van der Waals surface area contributed by atoms with Crippen molar-refractivity contribution < 1.29 is 23.7 Å². The third kappa shape index (κ3) is 4.79. The molecule has 0 bridgehead atoms. The van der Waals surface area contributed by atoms with Gasteiger partial charge < -0.3 is 18.9 Å². The van der Waals surface area contributed by atoms with Gasteiger partial charge in [0.2, 0.25) is 0 Å². The summed E-state index contributed by atoms with van der Waals surface area (Å²) in [6.07, 6.45) is 3.22. The number of benzene rings is 2. The Morgan fingerprint density at radius 3 is 2.23 bits per heavy atom. The van der Waals surface area contributed by atoms with Crippen molar-refractivity contribution in [1.29, 1.82) is 0 Å². The second-order valence-corrected chi connectivity index (χ2v) is 5.33. The van der Waals surface area contributed by atoms with E-state index in [4.69, 9.17) is 18.9 Å². The summed E-state index contributed by atoms with van der Waals surface area (Å²) in [5.41, 5.74) is 1.27. The Balaban J connectivity index is 2.26. The van der Waals surface area contributed by atoms with Crippen LogP contribution in [0.3, 0.4) is 0 Å². The van der Waals surface area contributed by atoms with Gasteiger partial charge in [0.1, 0.15) is 23.0 Å². The molecule has 0 amide bonds. The van der Waals surface area contributed by atoms with Crippen molar-refractivity contribution in [2.24, 2.45) is 0 Å². The number of hydrogen-bond donors (Lipinski definition) is 0. The summed E-state index contributed by atoms with van der Waals surface area (Å²) < 4.78 is 21.6. The molecule has 0 atom stereocenters. The lowest BCUT2D eigenvalue weighted by molar-refractivity contribution is 0.104. The van der Waals surface area contributed by atoms with E-state index in [9.17, 15) is 4.79 Å². The average molecular weight is 356 g/mol. The first-order valence-electron chi connectivity index (χ1n) is 8.47. The minimum absolute atomic E-state index is 0.160. The fourth-order valence-electron chi connectivity index (χ4n) is 2.45. The predicted octanol–water partition coefficient (Wildman–Crippen LogP) is 4.40. The Bertz CT molecular complexity index is 780. The van der Waals surface area contributed by atoms with Gasteiger partial charge in [0.25, 0.3) is 0 Å². The van der Waals surface area contributed by atoms with Gasteiger partial charge in [0.15, 0.2) is 5.78 Å². The Morgan fingerprint density at radius 2 is 1.58 bits per heavy atom. The standard InChI is InChI=1S/C21H24O5/c1-5-25-17-9-7-15(20(14-17)24-4)8-12-19(22)18-11-10-16(23-3)13-21(18)26-6-2/h7-14H,5-6H2,1-4H3. The summed E-state index contributed by atoms with van der Waals surface area (Å²) >= 11 is 0. The van der Waals surface area contributed by atoms with E-state index < -0.39 is 0 Å². The highest BCUT2D eigenvalue weighted by atomic mass is 16.5. The maximum atomic E-state index is 12.6. The van der Waals surface area contributed by atoms with Crippen LogP contribution in [0.25, 0.3) is 6.08 Å². The van der Waals surface area contributed by atoms with E-state index in [0.29, 0.717) is 36.0 Å². The van der Waals surface area contributed by atoms with Crippen molar-refractivity contribution in [1.82, 2.24) is 0 Å². The van der Waals surface area contributed by atoms with Gasteiger partial charge in [-0.3, -0.25) is 4.79 Å². The first-order valence-corrected chi connectivity index (χ1v) is 8.47. The van der Waals surface area contributed by atoms with Gasteiger partial charge in [-0.2, -0.15) is 0 Å². The lowest BCUT2D eigenvalue weighted by Gasteiger charge is -2.10. The normalized spacial score (nSPS) is 10.6. The molecule has 5 heteroatoms. The van der Waals surface area contributed by atoms with Gasteiger partial charge in [-0.05, 0) is 50.3 Å². The quantitative estimate of drug-likeness (QED) is 0.492. The highest BCUT2D eigenvalue weighted by Crippen LogP contribution is 2.28. The molecule has 0 saturated heterocycles. The first kappa shape index (κ1) is 19.4. The van der Waals surface area contributed by atoms with Gasteiger partial charge in [-0.1, -0.05) is 0 Å². The molecule has 0 aliphatic carbocycles. The molecule has 0 heterocycles. The molecule has 0 saturated carbocycles. The summed E-state index contributed by atoms with van der Waals surface area (Å²) in [4.78, 5) is 12.6. The number of carbonyl (C=O) groups is 1. The van der Waals surface area contributed by atoms with Crippen molar-refractivity contribution in [3.63, 3.8) is 0 Å². The fraction of sp³-hybridized carbons (Fsp3) is 0.286. The van der Waals surface area contributed by atoms with Crippen LogP contribution in [0.2, 0.25) is 0 Å². The number of carbonyl (C=O) groups excluding carboxylic acids is 1. The third-order valence-corrected chi connectivity index (χ3v) is 3.68.